The van der Waals surface area contributed by atoms with Crippen molar-refractivity contribution < 1.29 is 14.7 Å². The topological polar surface area (TPSA) is 105 Å². The van der Waals surface area contributed by atoms with Crippen LogP contribution in [0.5, 0.6) is 0 Å². The summed E-state index contributed by atoms with van der Waals surface area (Å²) in [4.78, 5) is 27.8. The van der Waals surface area contributed by atoms with Gasteiger partial charge in [-0.15, -0.1) is 0 Å². The zero-order chi connectivity index (χ0) is 19.4. The molecule has 6 nitrogen and oxygen atoms in total. The molecule has 1 atom stereocenters. The Balaban J connectivity index is 2.02. The molecule has 0 spiro atoms. The molecule has 0 bridgehead atoms. The van der Waals surface area contributed by atoms with Gasteiger partial charge in [-0.05, 0) is 60.0 Å². The van der Waals surface area contributed by atoms with E-state index in [9.17, 15) is 14.7 Å². The molecule has 4 N–H and O–H groups in total. The molecule has 1 amide bonds. The number of hydrogen-bond acceptors (Lipinski definition) is 4. The van der Waals surface area contributed by atoms with Crippen LogP contribution in [0.15, 0.2) is 67.0 Å². The summed E-state index contributed by atoms with van der Waals surface area (Å²) < 4.78 is 0. The van der Waals surface area contributed by atoms with Crippen LogP contribution in [0, 0.1) is 0 Å². The normalized spacial score (nSPS) is 11.6. The lowest BCUT2D eigenvalue weighted by Crippen LogP contribution is -2.13. The Hall–Kier alpha value is -3.51. The maximum atomic E-state index is 12.6. The van der Waals surface area contributed by atoms with E-state index in [1.165, 1.54) is 6.07 Å². The first kappa shape index (κ1) is 18.3. The van der Waals surface area contributed by atoms with Crippen LogP contribution < -0.4 is 11.1 Å². The summed E-state index contributed by atoms with van der Waals surface area (Å²) in [7, 11) is 0. The van der Waals surface area contributed by atoms with Crippen LogP contribution in [-0.2, 0) is 0 Å². The van der Waals surface area contributed by atoms with E-state index in [0.29, 0.717) is 16.8 Å². The van der Waals surface area contributed by atoms with Crippen molar-refractivity contribution in [1.29, 1.82) is 0 Å². The number of anilines is 1. The molecule has 2 aromatic carbocycles. The molecule has 6 heteroatoms. The molecule has 0 radical (unpaired) electrons. The van der Waals surface area contributed by atoms with Gasteiger partial charge >= 0.3 is 5.97 Å². The maximum Gasteiger partial charge on any atom is 0.335 e. The first-order valence-corrected chi connectivity index (χ1v) is 8.40. The van der Waals surface area contributed by atoms with E-state index in [2.05, 4.69) is 10.3 Å². The lowest BCUT2D eigenvalue weighted by Gasteiger charge is -2.15. The molecule has 1 unspecified atom stereocenters. The number of nitrogens with two attached hydrogens (primary N) is 1. The molecule has 0 aliphatic heterocycles. The SMILES string of the molecule is CC(N)c1ccc(C(=O)Nc2ccncc2)cc1-c1cccc(C(=O)O)c1. The standard InChI is InChI=1S/C21H19N3O3/c1-13(22)18-6-5-15(20(25)24-17-7-9-23-10-8-17)12-19(18)14-3-2-4-16(11-14)21(26)27/h2-13H,22H2,1H3,(H,26,27)(H,23,24,25). The Labute approximate surface area is 156 Å². The molecular formula is C21H19N3O3. The minimum absolute atomic E-state index is 0.176. The summed E-state index contributed by atoms with van der Waals surface area (Å²) in [5.41, 5.74) is 9.60. The second-order valence-electron chi connectivity index (χ2n) is 6.17. The highest BCUT2D eigenvalue weighted by Crippen LogP contribution is 2.29. The van der Waals surface area contributed by atoms with E-state index in [1.807, 2.05) is 6.92 Å². The van der Waals surface area contributed by atoms with Gasteiger partial charge in [0.25, 0.3) is 5.91 Å². The number of pyridine rings is 1. The number of hydrogen-bond donors (Lipinski definition) is 3. The predicted molar refractivity (Wildman–Crippen MR) is 104 cm³/mol. The number of nitrogens with one attached hydrogen (secondary N) is 1. The average molecular weight is 361 g/mol. The fourth-order valence-corrected chi connectivity index (χ4v) is 2.80. The number of amides is 1. The van der Waals surface area contributed by atoms with Crippen molar-refractivity contribution in [1.82, 2.24) is 4.98 Å². The van der Waals surface area contributed by atoms with Crippen molar-refractivity contribution in [3.8, 4) is 11.1 Å². The molecule has 27 heavy (non-hydrogen) atoms. The van der Waals surface area contributed by atoms with Gasteiger partial charge < -0.3 is 16.2 Å². The molecule has 136 valence electrons. The third kappa shape index (κ3) is 4.19. The highest BCUT2D eigenvalue weighted by Gasteiger charge is 2.15. The lowest BCUT2D eigenvalue weighted by molar-refractivity contribution is 0.0696. The lowest BCUT2D eigenvalue weighted by atomic mass is 9.92. The van der Waals surface area contributed by atoms with Gasteiger partial charge in [-0.2, -0.15) is 0 Å². The molecule has 0 fully saturated rings. The second-order valence-corrected chi connectivity index (χ2v) is 6.17. The number of carboxylic acid groups (broad SMARTS) is 1. The quantitative estimate of drug-likeness (QED) is 0.642. The van der Waals surface area contributed by atoms with Crippen molar-refractivity contribution >= 4 is 17.6 Å². The van der Waals surface area contributed by atoms with Gasteiger partial charge in [0.05, 0.1) is 5.56 Å². The number of aromatic nitrogens is 1. The van der Waals surface area contributed by atoms with Crippen molar-refractivity contribution in [3.63, 3.8) is 0 Å². The molecular weight excluding hydrogens is 342 g/mol. The van der Waals surface area contributed by atoms with E-state index in [0.717, 1.165) is 11.1 Å². The Kier molecular flexibility index (Phi) is 5.28. The van der Waals surface area contributed by atoms with Crippen LogP contribution in [0.2, 0.25) is 0 Å². The van der Waals surface area contributed by atoms with Crippen molar-refractivity contribution in [3.05, 3.63) is 83.7 Å². The van der Waals surface area contributed by atoms with Gasteiger partial charge in [0, 0.05) is 29.7 Å². The first-order chi connectivity index (χ1) is 13.0. The number of rotatable bonds is 5. The number of carbonyl (C=O) groups is 2. The number of benzene rings is 2. The van der Waals surface area contributed by atoms with Crippen LogP contribution in [0.3, 0.4) is 0 Å². The van der Waals surface area contributed by atoms with Gasteiger partial charge in [-0.1, -0.05) is 18.2 Å². The van der Waals surface area contributed by atoms with E-state index >= 15 is 0 Å². The van der Waals surface area contributed by atoms with Gasteiger partial charge in [0.1, 0.15) is 0 Å². The Bertz CT molecular complexity index is 985. The summed E-state index contributed by atoms with van der Waals surface area (Å²) in [6.45, 7) is 1.84. The largest absolute Gasteiger partial charge is 0.478 e. The number of carbonyl (C=O) groups excluding carboxylic acids is 1. The van der Waals surface area contributed by atoms with Crippen LogP contribution in [0.4, 0.5) is 5.69 Å². The highest BCUT2D eigenvalue weighted by atomic mass is 16.4. The van der Waals surface area contributed by atoms with Gasteiger partial charge in [0.15, 0.2) is 0 Å². The Morgan fingerprint density at radius 1 is 1.04 bits per heavy atom. The number of aromatic carboxylic acids is 1. The minimum Gasteiger partial charge on any atom is -0.478 e. The van der Waals surface area contributed by atoms with Gasteiger partial charge in [-0.25, -0.2) is 4.79 Å². The third-order valence-corrected chi connectivity index (χ3v) is 4.16. The van der Waals surface area contributed by atoms with Crippen molar-refractivity contribution in [2.75, 3.05) is 5.32 Å². The Morgan fingerprint density at radius 2 is 1.78 bits per heavy atom. The summed E-state index contributed by atoms with van der Waals surface area (Å²) in [6.07, 6.45) is 3.19. The van der Waals surface area contributed by atoms with E-state index in [4.69, 9.17) is 5.73 Å². The van der Waals surface area contributed by atoms with Gasteiger partial charge in [0.2, 0.25) is 0 Å². The molecule has 3 rings (SSSR count). The van der Waals surface area contributed by atoms with E-state index < -0.39 is 5.97 Å². The maximum absolute atomic E-state index is 12.6. The summed E-state index contributed by atoms with van der Waals surface area (Å²) in [5.74, 6) is -1.28. The summed E-state index contributed by atoms with van der Waals surface area (Å²) >= 11 is 0. The smallest absolute Gasteiger partial charge is 0.335 e. The molecule has 0 saturated carbocycles. The van der Waals surface area contributed by atoms with Crippen LogP contribution in [0.25, 0.3) is 11.1 Å². The number of nitrogens with zero attached hydrogens (tertiary/aromatic N) is 1. The monoisotopic (exact) mass is 361 g/mol. The first-order valence-electron chi connectivity index (χ1n) is 8.40. The summed E-state index contributed by atoms with van der Waals surface area (Å²) in [6, 6.07) is 14.9. The van der Waals surface area contributed by atoms with Crippen LogP contribution in [-0.4, -0.2) is 22.0 Å². The molecule has 1 heterocycles. The second kappa shape index (κ2) is 7.80. The zero-order valence-corrected chi connectivity index (χ0v) is 14.7. The third-order valence-electron chi connectivity index (χ3n) is 4.16. The molecule has 0 saturated heterocycles. The van der Waals surface area contributed by atoms with Gasteiger partial charge in [-0.3, -0.25) is 9.78 Å². The van der Waals surface area contributed by atoms with E-state index in [1.54, 1.807) is 60.9 Å². The summed E-state index contributed by atoms with van der Waals surface area (Å²) in [5, 5.41) is 12.1. The molecule has 1 aromatic heterocycles. The molecule has 0 aliphatic carbocycles. The fraction of sp³-hybridized carbons (Fsp3) is 0.0952. The Morgan fingerprint density at radius 3 is 2.44 bits per heavy atom. The van der Waals surface area contributed by atoms with Crippen molar-refractivity contribution in [2.24, 2.45) is 5.73 Å². The highest BCUT2D eigenvalue weighted by molar-refractivity contribution is 6.05. The zero-order valence-electron chi connectivity index (χ0n) is 14.7. The van der Waals surface area contributed by atoms with E-state index in [-0.39, 0.29) is 17.5 Å². The molecule has 3 aromatic rings. The molecule has 0 aliphatic rings. The fourth-order valence-electron chi connectivity index (χ4n) is 2.80. The predicted octanol–water partition coefficient (Wildman–Crippen LogP) is 3.72. The van der Waals surface area contributed by atoms with Crippen molar-refractivity contribution in [2.45, 2.75) is 13.0 Å². The number of carboxylic acids is 1. The van der Waals surface area contributed by atoms with Crippen LogP contribution >= 0.6 is 0 Å². The minimum atomic E-state index is -1.01. The average Bonchev–Trinajstić information content (AvgIpc) is 2.68. The van der Waals surface area contributed by atoms with Crippen LogP contribution in [0.1, 0.15) is 39.2 Å².